The van der Waals surface area contributed by atoms with Gasteiger partial charge < -0.3 is 14.8 Å². The highest BCUT2D eigenvalue weighted by molar-refractivity contribution is 9.10. The molecular weight excluding hydrogens is 530 g/mol. The summed E-state index contributed by atoms with van der Waals surface area (Å²) in [7, 11) is 0. The third-order valence-corrected chi connectivity index (χ3v) is 7.32. The van der Waals surface area contributed by atoms with E-state index < -0.39 is 11.9 Å². The maximum atomic E-state index is 13.7. The van der Waals surface area contributed by atoms with Crippen LogP contribution in [-0.2, 0) is 14.3 Å². The summed E-state index contributed by atoms with van der Waals surface area (Å²) in [6.07, 6.45) is 1.11. The molecule has 1 N–H and O–H groups in total. The molecular formula is C31H28BrNO4. The standard InChI is InChI=1S/C31H28BrNO4/c1-20-28(31(35)37-16-15-36-25-13-6-3-7-14-25)29(22-11-8-12-24(32)17-22)30-26(33-20)18-23(19-27(30)34)21-9-4-2-5-10-21/h2-14,17,23,29,33H,15-16,18-19H2,1H3/t23-,29-/m1/s1. The highest BCUT2D eigenvalue weighted by atomic mass is 79.9. The van der Waals surface area contributed by atoms with Crippen LogP contribution in [0.15, 0.2) is 112 Å². The first-order chi connectivity index (χ1) is 18.0. The first-order valence-electron chi connectivity index (χ1n) is 12.4. The first kappa shape index (κ1) is 25.0. The molecule has 0 spiro atoms. The van der Waals surface area contributed by atoms with Gasteiger partial charge in [-0.2, -0.15) is 0 Å². The van der Waals surface area contributed by atoms with Crippen LogP contribution in [0.25, 0.3) is 0 Å². The normalized spacial score (nSPS) is 19.2. The molecule has 1 aliphatic carbocycles. The number of ketones is 1. The Balaban J connectivity index is 1.42. The number of Topliss-reactive ketones (excluding diaryl/α,β-unsaturated/α-hetero) is 1. The number of para-hydroxylation sites is 1. The smallest absolute Gasteiger partial charge is 0.336 e. The molecule has 0 fully saturated rings. The second-order valence-electron chi connectivity index (χ2n) is 9.28. The van der Waals surface area contributed by atoms with Gasteiger partial charge in [-0.25, -0.2) is 4.79 Å². The van der Waals surface area contributed by atoms with Crippen molar-refractivity contribution in [1.29, 1.82) is 0 Å². The van der Waals surface area contributed by atoms with E-state index in [1.165, 1.54) is 0 Å². The van der Waals surface area contributed by atoms with Crippen molar-refractivity contribution in [2.24, 2.45) is 0 Å². The van der Waals surface area contributed by atoms with Crippen molar-refractivity contribution >= 4 is 27.7 Å². The summed E-state index contributed by atoms with van der Waals surface area (Å²) >= 11 is 3.55. The minimum atomic E-state index is -0.500. The Morgan fingerprint density at radius 1 is 0.919 bits per heavy atom. The highest BCUT2D eigenvalue weighted by Crippen LogP contribution is 2.46. The number of allylic oxidation sites excluding steroid dienone is 3. The van der Waals surface area contributed by atoms with Gasteiger partial charge in [0.25, 0.3) is 0 Å². The van der Waals surface area contributed by atoms with Crippen molar-refractivity contribution < 1.29 is 19.1 Å². The molecule has 2 aliphatic rings. The third kappa shape index (κ3) is 5.54. The van der Waals surface area contributed by atoms with Gasteiger partial charge in [0.15, 0.2) is 5.78 Å². The molecule has 1 heterocycles. The number of hydrogen-bond donors (Lipinski definition) is 1. The van der Waals surface area contributed by atoms with E-state index in [1.807, 2.05) is 79.7 Å². The molecule has 0 saturated heterocycles. The van der Waals surface area contributed by atoms with Crippen LogP contribution in [0.4, 0.5) is 0 Å². The van der Waals surface area contributed by atoms with Gasteiger partial charge in [0.2, 0.25) is 0 Å². The van der Waals surface area contributed by atoms with E-state index in [2.05, 4.69) is 33.4 Å². The van der Waals surface area contributed by atoms with E-state index in [0.29, 0.717) is 29.7 Å². The van der Waals surface area contributed by atoms with Gasteiger partial charge >= 0.3 is 5.97 Å². The van der Waals surface area contributed by atoms with E-state index in [0.717, 1.165) is 27.0 Å². The molecule has 3 aromatic carbocycles. The van der Waals surface area contributed by atoms with Gasteiger partial charge in [-0.3, -0.25) is 4.79 Å². The van der Waals surface area contributed by atoms with Crippen LogP contribution in [0, 0.1) is 0 Å². The Morgan fingerprint density at radius 2 is 1.62 bits per heavy atom. The SMILES string of the molecule is CC1=C(C(=O)OCCOc2ccccc2)[C@@H](c2cccc(Br)c2)C2=C(C[C@@H](c3ccccc3)CC2=O)N1. The van der Waals surface area contributed by atoms with Crippen LogP contribution < -0.4 is 10.1 Å². The van der Waals surface area contributed by atoms with Crippen molar-refractivity contribution in [1.82, 2.24) is 5.32 Å². The number of halogens is 1. The molecule has 188 valence electrons. The second kappa shape index (κ2) is 11.2. The molecule has 6 heteroatoms. The Labute approximate surface area is 225 Å². The molecule has 3 aromatic rings. The topological polar surface area (TPSA) is 64.6 Å². The minimum Gasteiger partial charge on any atom is -0.490 e. The van der Waals surface area contributed by atoms with Crippen molar-refractivity contribution in [2.75, 3.05) is 13.2 Å². The predicted octanol–water partition coefficient (Wildman–Crippen LogP) is 6.43. The average molecular weight is 558 g/mol. The monoisotopic (exact) mass is 557 g/mol. The fraction of sp³-hybridized carbons (Fsp3) is 0.226. The van der Waals surface area contributed by atoms with Crippen LogP contribution in [-0.4, -0.2) is 25.0 Å². The van der Waals surface area contributed by atoms with Crippen LogP contribution in [0.5, 0.6) is 5.75 Å². The fourth-order valence-electron chi connectivity index (χ4n) is 5.18. The first-order valence-corrected chi connectivity index (χ1v) is 13.2. The molecule has 5 rings (SSSR count). The van der Waals surface area contributed by atoms with E-state index >= 15 is 0 Å². The van der Waals surface area contributed by atoms with E-state index in [-0.39, 0.29) is 24.9 Å². The maximum absolute atomic E-state index is 13.7. The zero-order chi connectivity index (χ0) is 25.8. The van der Waals surface area contributed by atoms with Crippen LogP contribution in [0.1, 0.15) is 42.7 Å². The van der Waals surface area contributed by atoms with Crippen molar-refractivity contribution in [3.05, 3.63) is 123 Å². The quantitative estimate of drug-likeness (QED) is 0.267. The van der Waals surface area contributed by atoms with Crippen LogP contribution >= 0.6 is 15.9 Å². The molecule has 37 heavy (non-hydrogen) atoms. The lowest BCUT2D eigenvalue weighted by Crippen LogP contribution is -2.36. The lowest BCUT2D eigenvalue weighted by atomic mass is 9.72. The van der Waals surface area contributed by atoms with Gasteiger partial charge in [0.05, 0.1) is 5.57 Å². The molecule has 0 saturated carbocycles. The Bertz CT molecular complexity index is 1360. The van der Waals surface area contributed by atoms with Gasteiger partial charge in [0, 0.05) is 33.8 Å². The summed E-state index contributed by atoms with van der Waals surface area (Å²) in [6, 6.07) is 27.3. The van der Waals surface area contributed by atoms with Gasteiger partial charge in [0.1, 0.15) is 19.0 Å². The van der Waals surface area contributed by atoms with Crippen LogP contribution in [0.3, 0.4) is 0 Å². The van der Waals surface area contributed by atoms with Gasteiger partial charge in [-0.15, -0.1) is 0 Å². The summed E-state index contributed by atoms with van der Waals surface area (Å²) in [5, 5.41) is 3.40. The van der Waals surface area contributed by atoms with E-state index in [1.54, 1.807) is 0 Å². The molecule has 1 aliphatic heterocycles. The summed E-state index contributed by atoms with van der Waals surface area (Å²) < 4.78 is 12.2. The minimum absolute atomic E-state index is 0.0535. The molecule has 0 unspecified atom stereocenters. The molecule has 0 bridgehead atoms. The summed E-state index contributed by atoms with van der Waals surface area (Å²) in [6.45, 7) is 2.22. The number of dihydropyridines is 1. The fourth-order valence-corrected chi connectivity index (χ4v) is 5.60. The summed E-state index contributed by atoms with van der Waals surface area (Å²) in [5.41, 5.74) is 4.73. The number of hydrogen-bond acceptors (Lipinski definition) is 5. The lowest BCUT2D eigenvalue weighted by molar-refractivity contribution is -0.140. The molecule has 2 atom stereocenters. The molecule has 0 aromatic heterocycles. The number of benzene rings is 3. The molecule has 0 radical (unpaired) electrons. The number of carbonyl (C=O) groups is 2. The number of esters is 1. The largest absolute Gasteiger partial charge is 0.490 e. The van der Waals surface area contributed by atoms with Gasteiger partial charge in [-0.1, -0.05) is 76.6 Å². The number of nitrogens with one attached hydrogen (secondary N) is 1. The summed E-state index contributed by atoms with van der Waals surface area (Å²) in [4.78, 5) is 27.1. The molecule has 5 nitrogen and oxygen atoms in total. The Morgan fingerprint density at radius 3 is 2.35 bits per heavy atom. The van der Waals surface area contributed by atoms with Gasteiger partial charge in [-0.05, 0) is 54.7 Å². The number of ether oxygens (including phenoxy) is 2. The highest BCUT2D eigenvalue weighted by Gasteiger charge is 2.41. The Kier molecular flexibility index (Phi) is 7.56. The third-order valence-electron chi connectivity index (χ3n) is 6.83. The zero-order valence-electron chi connectivity index (χ0n) is 20.6. The van der Waals surface area contributed by atoms with Crippen molar-refractivity contribution in [3.63, 3.8) is 0 Å². The number of rotatable bonds is 7. The predicted molar refractivity (Wildman–Crippen MR) is 146 cm³/mol. The lowest BCUT2D eigenvalue weighted by Gasteiger charge is -2.36. The van der Waals surface area contributed by atoms with E-state index in [9.17, 15) is 9.59 Å². The second-order valence-corrected chi connectivity index (χ2v) is 10.2. The average Bonchev–Trinajstić information content (AvgIpc) is 2.91. The maximum Gasteiger partial charge on any atom is 0.336 e. The van der Waals surface area contributed by atoms with Crippen molar-refractivity contribution in [3.8, 4) is 5.75 Å². The zero-order valence-corrected chi connectivity index (χ0v) is 22.2. The summed E-state index contributed by atoms with van der Waals surface area (Å²) in [5.74, 6) is -0.0788. The Hall–Kier alpha value is -3.64. The van der Waals surface area contributed by atoms with E-state index in [4.69, 9.17) is 9.47 Å². The number of carbonyl (C=O) groups excluding carboxylic acids is 2. The van der Waals surface area contributed by atoms with Crippen LogP contribution in [0.2, 0.25) is 0 Å². The molecule has 0 amide bonds. The van der Waals surface area contributed by atoms with Crippen molar-refractivity contribution in [2.45, 2.75) is 31.6 Å².